The zero-order chi connectivity index (χ0) is 23.6. The first-order chi connectivity index (χ1) is 16.0. The van der Waals surface area contributed by atoms with Crippen LogP contribution in [0.15, 0.2) is 81.2 Å². The summed E-state index contributed by atoms with van der Waals surface area (Å²) in [7, 11) is 0. The van der Waals surface area contributed by atoms with E-state index in [0.29, 0.717) is 32.4 Å². The molecule has 7 heteroatoms. The molecule has 168 valence electrons. The minimum Gasteiger partial charge on any atom is -0.487 e. The van der Waals surface area contributed by atoms with Crippen molar-refractivity contribution in [1.29, 1.82) is 5.26 Å². The molecule has 0 bridgehead atoms. The molecule has 0 fully saturated rings. The van der Waals surface area contributed by atoms with E-state index in [1.54, 1.807) is 24.3 Å². The number of carbonyl (C=O) groups excluding carboxylic acids is 1. The number of benzene rings is 3. The van der Waals surface area contributed by atoms with Crippen molar-refractivity contribution in [3.8, 4) is 11.8 Å². The van der Waals surface area contributed by atoms with E-state index in [0.717, 1.165) is 12.8 Å². The average Bonchev–Trinajstić information content (AvgIpc) is 2.80. The molecule has 0 aliphatic heterocycles. The Morgan fingerprint density at radius 2 is 1.73 bits per heavy atom. The fraction of sp³-hybridized carbons (Fsp3) is 0.154. The molecule has 0 heterocycles. The van der Waals surface area contributed by atoms with Crippen molar-refractivity contribution >= 4 is 43.8 Å². The molecule has 0 saturated carbocycles. The number of ether oxygens (including phenoxy) is 1. The molecule has 3 aromatic carbocycles. The molecule has 3 rings (SSSR count). The van der Waals surface area contributed by atoms with Crippen LogP contribution in [0.3, 0.4) is 0 Å². The SMILES string of the molecule is N#C/C(=C/c1cc(Br)c(OCc2cccc(F)c2)c(Br)c1)C(=O)NCCCc1ccccc1. The number of nitrogens with zero attached hydrogens (tertiary/aromatic N) is 1. The third-order valence-corrected chi connectivity index (χ3v) is 5.92. The molecule has 0 radical (unpaired) electrons. The van der Waals surface area contributed by atoms with Gasteiger partial charge in [-0.05, 0) is 91.7 Å². The van der Waals surface area contributed by atoms with E-state index < -0.39 is 5.91 Å². The minimum absolute atomic E-state index is 0.0157. The maximum Gasteiger partial charge on any atom is 0.261 e. The van der Waals surface area contributed by atoms with Gasteiger partial charge in [0, 0.05) is 6.54 Å². The fourth-order valence-corrected chi connectivity index (χ4v) is 4.58. The quantitative estimate of drug-likeness (QED) is 0.179. The van der Waals surface area contributed by atoms with E-state index in [1.165, 1.54) is 23.8 Å². The Hall–Kier alpha value is -2.95. The summed E-state index contributed by atoms with van der Waals surface area (Å²) in [4.78, 5) is 12.4. The van der Waals surface area contributed by atoms with Crippen LogP contribution in [0.1, 0.15) is 23.1 Å². The normalized spacial score (nSPS) is 11.0. The van der Waals surface area contributed by atoms with Gasteiger partial charge in [-0.1, -0.05) is 42.5 Å². The average molecular weight is 572 g/mol. The monoisotopic (exact) mass is 570 g/mol. The predicted molar refractivity (Wildman–Crippen MR) is 134 cm³/mol. The van der Waals surface area contributed by atoms with Gasteiger partial charge in [-0.2, -0.15) is 5.26 Å². The highest BCUT2D eigenvalue weighted by Crippen LogP contribution is 2.36. The molecule has 33 heavy (non-hydrogen) atoms. The van der Waals surface area contributed by atoms with Crippen LogP contribution in [0.5, 0.6) is 5.75 Å². The summed E-state index contributed by atoms with van der Waals surface area (Å²) < 4.78 is 20.5. The second-order valence-corrected chi connectivity index (χ2v) is 8.96. The Morgan fingerprint density at radius 1 is 1.03 bits per heavy atom. The summed E-state index contributed by atoms with van der Waals surface area (Å²) in [5.74, 6) is -0.193. The van der Waals surface area contributed by atoms with Gasteiger partial charge in [-0.3, -0.25) is 4.79 Å². The van der Waals surface area contributed by atoms with Crippen molar-refractivity contribution in [2.45, 2.75) is 19.4 Å². The molecule has 4 nitrogen and oxygen atoms in total. The number of rotatable bonds is 9. The molecule has 1 amide bonds. The van der Waals surface area contributed by atoms with Crippen LogP contribution in [0.4, 0.5) is 4.39 Å². The van der Waals surface area contributed by atoms with Gasteiger partial charge in [0.15, 0.2) is 0 Å². The molecule has 0 saturated heterocycles. The van der Waals surface area contributed by atoms with Crippen molar-refractivity contribution in [2.75, 3.05) is 6.54 Å². The smallest absolute Gasteiger partial charge is 0.261 e. The van der Waals surface area contributed by atoms with Gasteiger partial charge < -0.3 is 10.1 Å². The van der Waals surface area contributed by atoms with E-state index in [-0.39, 0.29) is 18.0 Å². The zero-order valence-corrected chi connectivity index (χ0v) is 20.8. The van der Waals surface area contributed by atoms with Gasteiger partial charge in [0.25, 0.3) is 5.91 Å². The summed E-state index contributed by atoms with van der Waals surface area (Å²) in [5.41, 5.74) is 2.58. The van der Waals surface area contributed by atoms with Gasteiger partial charge in [0.05, 0.1) is 8.95 Å². The van der Waals surface area contributed by atoms with Crippen molar-refractivity contribution in [3.05, 3.63) is 104 Å². The molecular formula is C26H21Br2FN2O2. The van der Waals surface area contributed by atoms with Gasteiger partial charge >= 0.3 is 0 Å². The lowest BCUT2D eigenvalue weighted by atomic mass is 10.1. The molecule has 0 aromatic heterocycles. The van der Waals surface area contributed by atoms with Crippen LogP contribution in [-0.4, -0.2) is 12.5 Å². The standard InChI is InChI=1S/C26H21Br2FN2O2/c27-23-14-20(15-24(28)25(23)33-17-19-8-4-10-22(29)13-19)12-21(16-30)26(32)31-11-5-9-18-6-2-1-3-7-18/h1-4,6-8,10,12-15H,5,9,11,17H2,(H,31,32)/b21-12-. The number of nitriles is 1. The van der Waals surface area contributed by atoms with Gasteiger partial charge in [0.1, 0.15) is 29.8 Å². The molecule has 0 aliphatic carbocycles. The second kappa shape index (κ2) is 12.3. The molecule has 3 aromatic rings. The number of amides is 1. The molecule has 0 atom stereocenters. The highest BCUT2D eigenvalue weighted by Gasteiger charge is 2.12. The third-order valence-electron chi connectivity index (χ3n) is 4.74. The van der Waals surface area contributed by atoms with Crippen LogP contribution < -0.4 is 10.1 Å². The maximum atomic E-state index is 13.4. The van der Waals surface area contributed by atoms with Crippen LogP contribution in [0, 0.1) is 17.1 Å². The molecular weight excluding hydrogens is 551 g/mol. The predicted octanol–water partition coefficient (Wildman–Crippen LogP) is 6.59. The van der Waals surface area contributed by atoms with Crippen LogP contribution in [0.2, 0.25) is 0 Å². The van der Waals surface area contributed by atoms with Gasteiger partial charge in [0.2, 0.25) is 0 Å². The van der Waals surface area contributed by atoms with Crippen LogP contribution >= 0.6 is 31.9 Å². The molecule has 0 unspecified atom stereocenters. The third kappa shape index (κ3) is 7.55. The highest BCUT2D eigenvalue weighted by molar-refractivity contribution is 9.11. The van der Waals surface area contributed by atoms with E-state index in [9.17, 15) is 14.4 Å². The molecule has 0 aliphatic rings. The van der Waals surface area contributed by atoms with Crippen molar-refractivity contribution < 1.29 is 13.9 Å². The van der Waals surface area contributed by atoms with E-state index in [4.69, 9.17) is 4.74 Å². The lowest BCUT2D eigenvalue weighted by Gasteiger charge is -2.12. The number of hydrogen-bond acceptors (Lipinski definition) is 3. The molecule has 0 spiro atoms. The lowest BCUT2D eigenvalue weighted by molar-refractivity contribution is -0.117. The Kier molecular flexibility index (Phi) is 9.23. The summed E-state index contributed by atoms with van der Waals surface area (Å²) in [6.07, 6.45) is 3.16. The number of halogens is 3. The number of hydrogen-bond donors (Lipinski definition) is 1. The van der Waals surface area contributed by atoms with Crippen LogP contribution in [-0.2, 0) is 17.8 Å². The van der Waals surface area contributed by atoms with E-state index in [2.05, 4.69) is 37.2 Å². The Morgan fingerprint density at radius 3 is 2.39 bits per heavy atom. The first-order valence-electron chi connectivity index (χ1n) is 10.3. The van der Waals surface area contributed by atoms with Crippen LogP contribution in [0.25, 0.3) is 6.08 Å². The first-order valence-corrected chi connectivity index (χ1v) is 11.8. The summed E-state index contributed by atoms with van der Waals surface area (Å²) in [5, 5.41) is 12.3. The van der Waals surface area contributed by atoms with E-state index >= 15 is 0 Å². The summed E-state index contributed by atoms with van der Waals surface area (Å²) >= 11 is 6.93. The van der Waals surface area contributed by atoms with Crippen molar-refractivity contribution in [1.82, 2.24) is 5.32 Å². The maximum absolute atomic E-state index is 13.4. The zero-order valence-electron chi connectivity index (χ0n) is 17.7. The fourth-order valence-electron chi connectivity index (χ4n) is 3.13. The topological polar surface area (TPSA) is 62.1 Å². The summed E-state index contributed by atoms with van der Waals surface area (Å²) in [6, 6.07) is 21.7. The highest BCUT2D eigenvalue weighted by atomic mass is 79.9. The number of nitrogens with one attached hydrogen (secondary N) is 1. The van der Waals surface area contributed by atoms with Gasteiger partial charge in [-0.15, -0.1) is 0 Å². The Bertz CT molecular complexity index is 1170. The van der Waals surface area contributed by atoms with Crippen molar-refractivity contribution in [3.63, 3.8) is 0 Å². The first kappa shape index (κ1) is 24.7. The Balaban J connectivity index is 1.61. The van der Waals surface area contributed by atoms with E-state index in [1.807, 2.05) is 36.4 Å². The second-order valence-electron chi connectivity index (χ2n) is 7.25. The number of carbonyl (C=O) groups is 1. The Labute approximate surface area is 209 Å². The molecule has 1 N–H and O–H groups in total. The number of aryl methyl sites for hydroxylation is 1. The van der Waals surface area contributed by atoms with Gasteiger partial charge in [-0.25, -0.2) is 4.39 Å². The summed E-state index contributed by atoms with van der Waals surface area (Å²) in [6.45, 7) is 0.673. The minimum atomic E-state index is -0.413. The lowest BCUT2D eigenvalue weighted by Crippen LogP contribution is -2.25. The largest absolute Gasteiger partial charge is 0.487 e. The van der Waals surface area contributed by atoms with Crippen molar-refractivity contribution in [2.24, 2.45) is 0 Å².